The van der Waals surface area contributed by atoms with Crippen molar-refractivity contribution < 1.29 is 14.3 Å². The first kappa shape index (κ1) is 27.4. The third-order valence-electron chi connectivity index (χ3n) is 5.87. The molecule has 192 valence electrons. The standard InChI is InChI=1S/C28H36N4O3S/c1-3-7-20(2)17-35-24-12-10-22(11-13-24)26(32-27(33)14-21-8-5-4-6-9-21)16-30-28(34)25(29)15-23-18-36-19-31-23/h4-6,8-13,18-20,25-26H,3,7,14-17,29H2,1-2H3,(H,30,34)(H,32,33)/t20?,25-,26+/m1/s1. The summed E-state index contributed by atoms with van der Waals surface area (Å²) >= 11 is 1.47. The van der Waals surface area contributed by atoms with Crippen molar-refractivity contribution in [2.75, 3.05) is 13.2 Å². The van der Waals surface area contributed by atoms with Gasteiger partial charge in [-0.15, -0.1) is 11.3 Å². The maximum atomic E-state index is 12.8. The molecule has 0 aliphatic rings. The Kier molecular flexibility index (Phi) is 10.9. The van der Waals surface area contributed by atoms with Crippen molar-refractivity contribution in [2.24, 2.45) is 11.7 Å². The summed E-state index contributed by atoms with van der Waals surface area (Å²) < 4.78 is 5.92. The Morgan fingerprint density at radius 3 is 2.53 bits per heavy atom. The van der Waals surface area contributed by atoms with E-state index < -0.39 is 12.1 Å². The minimum Gasteiger partial charge on any atom is -0.493 e. The van der Waals surface area contributed by atoms with E-state index in [0.717, 1.165) is 35.4 Å². The number of nitrogens with one attached hydrogen (secondary N) is 2. The van der Waals surface area contributed by atoms with E-state index in [1.165, 1.54) is 11.3 Å². The number of nitrogens with two attached hydrogens (primary N) is 1. The monoisotopic (exact) mass is 508 g/mol. The first-order chi connectivity index (χ1) is 17.4. The van der Waals surface area contributed by atoms with Crippen LogP contribution in [0, 0.1) is 5.92 Å². The van der Waals surface area contributed by atoms with E-state index in [4.69, 9.17) is 10.5 Å². The van der Waals surface area contributed by atoms with Crippen LogP contribution in [0.3, 0.4) is 0 Å². The fourth-order valence-corrected chi connectivity index (χ4v) is 4.45. The highest BCUT2D eigenvalue weighted by atomic mass is 32.1. The maximum absolute atomic E-state index is 12.8. The van der Waals surface area contributed by atoms with Gasteiger partial charge >= 0.3 is 0 Å². The Bertz CT molecular complexity index is 1060. The normalized spacial score (nSPS) is 13.4. The third kappa shape index (κ3) is 9.09. The van der Waals surface area contributed by atoms with Crippen LogP contribution in [0.2, 0.25) is 0 Å². The average molecular weight is 509 g/mol. The fraction of sp³-hybridized carbons (Fsp3) is 0.393. The third-order valence-corrected chi connectivity index (χ3v) is 6.51. The highest BCUT2D eigenvalue weighted by Crippen LogP contribution is 2.19. The van der Waals surface area contributed by atoms with Gasteiger partial charge in [0.2, 0.25) is 11.8 Å². The van der Waals surface area contributed by atoms with Crippen LogP contribution in [0.1, 0.15) is 49.6 Å². The molecule has 1 unspecified atom stereocenters. The first-order valence-corrected chi connectivity index (χ1v) is 13.3. The Hall–Kier alpha value is -3.23. The van der Waals surface area contributed by atoms with Crippen LogP contribution in [-0.2, 0) is 22.4 Å². The average Bonchev–Trinajstić information content (AvgIpc) is 3.39. The molecule has 1 aromatic heterocycles. The van der Waals surface area contributed by atoms with Crippen LogP contribution in [0.25, 0.3) is 0 Å². The van der Waals surface area contributed by atoms with Gasteiger partial charge in [0.15, 0.2) is 0 Å². The number of nitrogens with zero attached hydrogens (tertiary/aromatic N) is 1. The molecule has 0 saturated carbocycles. The molecule has 0 saturated heterocycles. The summed E-state index contributed by atoms with van der Waals surface area (Å²) in [6.45, 7) is 5.23. The molecular weight excluding hydrogens is 472 g/mol. The molecule has 0 aliphatic carbocycles. The van der Waals surface area contributed by atoms with Crippen LogP contribution in [0.15, 0.2) is 65.5 Å². The summed E-state index contributed by atoms with van der Waals surface area (Å²) in [5.41, 5.74) is 10.4. The Labute approximate surface area is 217 Å². The molecule has 2 amide bonds. The van der Waals surface area contributed by atoms with Crippen molar-refractivity contribution >= 4 is 23.2 Å². The fourth-order valence-electron chi connectivity index (χ4n) is 3.88. The maximum Gasteiger partial charge on any atom is 0.237 e. The zero-order chi connectivity index (χ0) is 25.8. The molecule has 0 spiro atoms. The summed E-state index contributed by atoms with van der Waals surface area (Å²) in [6.07, 6.45) is 2.87. The predicted molar refractivity (Wildman–Crippen MR) is 144 cm³/mol. The number of rotatable bonds is 14. The second kappa shape index (κ2) is 14.4. The Morgan fingerprint density at radius 1 is 1.11 bits per heavy atom. The first-order valence-electron chi connectivity index (χ1n) is 12.4. The van der Waals surface area contributed by atoms with Gasteiger partial charge < -0.3 is 21.1 Å². The van der Waals surface area contributed by atoms with Gasteiger partial charge in [-0.05, 0) is 35.6 Å². The molecule has 4 N–H and O–H groups in total. The number of hydrogen-bond donors (Lipinski definition) is 3. The lowest BCUT2D eigenvalue weighted by Gasteiger charge is -2.22. The number of benzene rings is 2. The molecule has 0 bridgehead atoms. The van der Waals surface area contributed by atoms with E-state index in [-0.39, 0.29) is 24.8 Å². The summed E-state index contributed by atoms with van der Waals surface area (Å²) in [6, 6.07) is 16.1. The van der Waals surface area contributed by atoms with Gasteiger partial charge in [-0.25, -0.2) is 4.98 Å². The summed E-state index contributed by atoms with van der Waals surface area (Å²) in [7, 11) is 0. The number of aromatic nitrogens is 1. The van der Waals surface area contributed by atoms with Crippen LogP contribution >= 0.6 is 11.3 Å². The van der Waals surface area contributed by atoms with E-state index in [2.05, 4.69) is 29.5 Å². The summed E-state index contributed by atoms with van der Waals surface area (Å²) in [5.74, 6) is 0.866. The largest absolute Gasteiger partial charge is 0.493 e. The lowest BCUT2D eigenvalue weighted by atomic mass is 10.0. The van der Waals surface area contributed by atoms with Crippen LogP contribution in [0.4, 0.5) is 0 Å². The van der Waals surface area contributed by atoms with Crippen molar-refractivity contribution in [2.45, 2.75) is 51.6 Å². The molecular formula is C28H36N4O3S. The van der Waals surface area contributed by atoms with Gasteiger partial charge in [-0.1, -0.05) is 62.7 Å². The lowest BCUT2D eigenvalue weighted by Crippen LogP contribution is -2.45. The number of carbonyl (C=O) groups excluding carboxylic acids is 2. The Balaban J connectivity index is 1.64. The number of amides is 2. The van der Waals surface area contributed by atoms with Crippen molar-refractivity contribution in [3.05, 3.63) is 82.3 Å². The number of thiazole rings is 1. The van der Waals surface area contributed by atoms with E-state index in [1.807, 2.05) is 60.0 Å². The van der Waals surface area contributed by atoms with E-state index in [1.54, 1.807) is 5.51 Å². The SMILES string of the molecule is CCCC(C)COc1ccc([C@H](CNC(=O)[C@H](N)Cc2cscn2)NC(=O)Cc2ccccc2)cc1. The predicted octanol–water partition coefficient (Wildman–Crippen LogP) is 4.04. The lowest BCUT2D eigenvalue weighted by molar-refractivity contribution is -0.124. The van der Waals surface area contributed by atoms with Gasteiger partial charge in [0.25, 0.3) is 0 Å². The Morgan fingerprint density at radius 2 is 1.86 bits per heavy atom. The van der Waals surface area contributed by atoms with Crippen molar-refractivity contribution in [1.82, 2.24) is 15.6 Å². The van der Waals surface area contributed by atoms with E-state index in [9.17, 15) is 9.59 Å². The molecule has 3 aromatic rings. The zero-order valence-corrected chi connectivity index (χ0v) is 21.8. The highest BCUT2D eigenvalue weighted by molar-refractivity contribution is 7.07. The molecule has 3 atom stereocenters. The van der Waals surface area contributed by atoms with Gasteiger partial charge in [0.05, 0.1) is 36.3 Å². The van der Waals surface area contributed by atoms with Crippen molar-refractivity contribution in [3.63, 3.8) is 0 Å². The smallest absolute Gasteiger partial charge is 0.237 e. The molecule has 2 aromatic carbocycles. The number of carbonyl (C=O) groups is 2. The summed E-state index contributed by atoms with van der Waals surface area (Å²) in [4.78, 5) is 29.7. The van der Waals surface area contributed by atoms with Crippen LogP contribution < -0.4 is 21.1 Å². The number of hydrogen-bond acceptors (Lipinski definition) is 6. The molecule has 7 nitrogen and oxygen atoms in total. The van der Waals surface area contributed by atoms with E-state index >= 15 is 0 Å². The second-order valence-corrected chi connectivity index (χ2v) is 9.81. The molecule has 0 fully saturated rings. The zero-order valence-electron chi connectivity index (χ0n) is 21.0. The van der Waals surface area contributed by atoms with Gasteiger partial charge in [0, 0.05) is 18.3 Å². The van der Waals surface area contributed by atoms with Crippen molar-refractivity contribution in [1.29, 1.82) is 0 Å². The number of ether oxygens (including phenoxy) is 1. The van der Waals surface area contributed by atoms with E-state index in [0.29, 0.717) is 18.9 Å². The molecule has 8 heteroatoms. The molecule has 1 heterocycles. The minimum absolute atomic E-state index is 0.124. The quantitative estimate of drug-likeness (QED) is 0.305. The topological polar surface area (TPSA) is 106 Å². The van der Waals surface area contributed by atoms with Gasteiger partial charge in [0.1, 0.15) is 5.75 Å². The minimum atomic E-state index is -0.714. The van der Waals surface area contributed by atoms with Crippen molar-refractivity contribution in [3.8, 4) is 5.75 Å². The van der Waals surface area contributed by atoms with Gasteiger partial charge in [-0.2, -0.15) is 0 Å². The second-order valence-electron chi connectivity index (χ2n) is 9.09. The summed E-state index contributed by atoms with van der Waals surface area (Å²) in [5, 5.41) is 7.84. The van der Waals surface area contributed by atoms with Crippen LogP contribution in [-0.4, -0.2) is 36.0 Å². The molecule has 0 aliphatic heterocycles. The molecule has 0 radical (unpaired) electrons. The molecule has 3 rings (SSSR count). The highest BCUT2D eigenvalue weighted by Gasteiger charge is 2.20. The van der Waals surface area contributed by atoms with Gasteiger partial charge in [-0.3, -0.25) is 9.59 Å². The van der Waals surface area contributed by atoms with Crippen LogP contribution in [0.5, 0.6) is 5.75 Å². The molecule has 36 heavy (non-hydrogen) atoms.